The molecule has 0 radical (unpaired) electrons. The summed E-state index contributed by atoms with van der Waals surface area (Å²) in [6.45, 7) is 0.956. The summed E-state index contributed by atoms with van der Waals surface area (Å²) < 4.78 is 40.7. The summed E-state index contributed by atoms with van der Waals surface area (Å²) in [7, 11) is -0.510. The van der Waals surface area contributed by atoms with Crippen molar-refractivity contribution in [2.45, 2.75) is 17.9 Å². The number of thiophene rings is 1. The van der Waals surface area contributed by atoms with Crippen molar-refractivity contribution >= 4 is 33.2 Å². The van der Waals surface area contributed by atoms with Crippen LogP contribution in [0.3, 0.4) is 0 Å². The maximum atomic E-state index is 12.8. The molecular formula is C27H27N3O5S2. The monoisotopic (exact) mass is 537 g/mol. The molecule has 4 aromatic rings. The van der Waals surface area contributed by atoms with E-state index in [2.05, 4.69) is 9.71 Å². The minimum absolute atomic E-state index is 0.105. The Bertz CT molecular complexity index is 1460. The van der Waals surface area contributed by atoms with Crippen LogP contribution in [0.5, 0.6) is 11.5 Å². The predicted molar refractivity (Wildman–Crippen MR) is 145 cm³/mol. The summed E-state index contributed by atoms with van der Waals surface area (Å²) in [4.78, 5) is 17.9. The average molecular weight is 538 g/mol. The van der Waals surface area contributed by atoms with Crippen LogP contribution in [0.2, 0.25) is 0 Å². The van der Waals surface area contributed by atoms with Crippen molar-refractivity contribution in [2.24, 2.45) is 0 Å². The van der Waals surface area contributed by atoms with E-state index in [0.29, 0.717) is 36.6 Å². The topological polar surface area (TPSA) is 99.5 Å². The first-order valence-electron chi connectivity index (χ1n) is 11.5. The van der Waals surface area contributed by atoms with Gasteiger partial charge >= 0.3 is 0 Å². The fourth-order valence-corrected chi connectivity index (χ4v) is 5.53. The molecule has 0 saturated carbocycles. The Labute approximate surface area is 220 Å². The van der Waals surface area contributed by atoms with Crippen LogP contribution >= 0.6 is 11.3 Å². The minimum Gasteiger partial charge on any atom is -0.496 e. The summed E-state index contributed by atoms with van der Waals surface area (Å²) >= 11 is 1.59. The third-order valence-corrected chi connectivity index (χ3v) is 8.03. The lowest BCUT2D eigenvalue weighted by molar-refractivity contribution is 0.104. The number of benzene rings is 2. The van der Waals surface area contributed by atoms with Gasteiger partial charge in [0.2, 0.25) is 10.0 Å². The van der Waals surface area contributed by atoms with Gasteiger partial charge in [-0.2, -0.15) is 0 Å². The Hall–Kier alpha value is -3.73. The highest BCUT2D eigenvalue weighted by Gasteiger charge is 2.15. The van der Waals surface area contributed by atoms with Crippen molar-refractivity contribution in [1.29, 1.82) is 0 Å². The van der Waals surface area contributed by atoms with Gasteiger partial charge in [0.25, 0.3) is 0 Å². The smallest absolute Gasteiger partial charge is 0.240 e. The number of ketones is 1. The van der Waals surface area contributed by atoms with E-state index in [0.717, 1.165) is 16.0 Å². The van der Waals surface area contributed by atoms with Gasteiger partial charge in [-0.1, -0.05) is 6.07 Å². The zero-order valence-corrected chi connectivity index (χ0v) is 22.1. The fourth-order valence-electron chi connectivity index (χ4n) is 3.71. The highest BCUT2D eigenvalue weighted by molar-refractivity contribution is 7.89. The lowest BCUT2D eigenvalue weighted by Gasteiger charge is -2.12. The van der Waals surface area contributed by atoms with E-state index in [-0.39, 0.29) is 10.7 Å². The van der Waals surface area contributed by atoms with Gasteiger partial charge in [0.1, 0.15) is 11.5 Å². The van der Waals surface area contributed by atoms with E-state index in [1.165, 1.54) is 30.3 Å². The zero-order valence-electron chi connectivity index (χ0n) is 20.5. The van der Waals surface area contributed by atoms with Crippen LogP contribution < -0.4 is 14.2 Å². The van der Waals surface area contributed by atoms with Crippen LogP contribution in [-0.4, -0.2) is 44.5 Å². The van der Waals surface area contributed by atoms with E-state index < -0.39 is 10.0 Å². The van der Waals surface area contributed by atoms with Crippen LogP contribution in [0, 0.1) is 0 Å². The number of aryl methyl sites for hydroxylation is 1. The molecule has 2 aromatic heterocycles. The van der Waals surface area contributed by atoms with Crippen molar-refractivity contribution in [2.75, 3.05) is 20.8 Å². The number of nitrogens with zero attached hydrogens (tertiary/aromatic N) is 2. The maximum Gasteiger partial charge on any atom is 0.240 e. The molecule has 0 bridgehead atoms. The number of methoxy groups -OCH3 is 2. The summed E-state index contributed by atoms with van der Waals surface area (Å²) in [5.41, 5.74) is 2.00. The molecule has 1 N–H and O–H groups in total. The van der Waals surface area contributed by atoms with Crippen LogP contribution in [0.15, 0.2) is 83.6 Å². The fraction of sp³-hybridized carbons (Fsp3) is 0.185. The molecule has 0 atom stereocenters. The second kappa shape index (κ2) is 12.0. The number of hydrogen-bond acceptors (Lipinski definition) is 7. The van der Waals surface area contributed by atoms with E-state index in [4.69, 9.17) is 9.47 Å². The van der Waals surface area contributed by atoms with Gasteiger partial charge in [0.15, 0.2) is 5.78 Å². The van der Waals surface area contributed by atoms with Crippen LogP contribution in [0.4, 0.5) is 0 Å². The Morgan fingerprint density at radius 3 is 2.54 bits per heavy atom. The number of aromatic nitrogens is 2. The van der Waals surface area contributed by atoms with Crippen molar-refractivity contribution in [3.63, 3.8) is 0 Å². The second-order valence-corrected chi connectivity index (χ2v) is 10.8. The lowest BCUT2D eigenvalue weighted by Crippen LogP contribution is -2.25. The summed E-state index contributed by atoms with van der Waals surface area (Å²) in [6, 6.07) is 13.6. The van der Waals surface area contributed by atoms with Crippen molar-refractivity contribution in [3.8, 4) is 21.9 Å². The summed E-state index contributed by atoms with van der Waals surface area (Å²) in [5.74, 6) is 0.990. The van der Waals surface area contributed by atoms with Gasteiger partial charge in [-0.3, -0.25) is 4.79 Å². The number of carbonyl (C=O) groups is 1. The summed E-state index contributed by atoms with van der Waals surface area (Å²) in [5, 5.41) is 1.99. The standard InChI is InChI=1S/C27H27N3O5S2/c1-34-25-18-26(35-2)23(27-5-3-16-36-27)17-21(25)8-11-24(31)20-6-9-22(10-7-20)37(32,33)29-12-4-14-30-15-13-28-19-30/h3,5-11,13,15-19,29H,4,12,14H2,1-2H3. The third kappa shape index (κ3) is 6.53. The largest absolute Gasteiger partial charge is 0.496 e. The van der Waals surface area contributed by atoms with Gasteiger partial charge in [-0.25, -0.2) is 18.1 Å². The Morgan fingerprint density at radius 1 is 1.11 bits per heavy atom. The van der Waals surface area contributed by atoms with Crippen molar-refractivity contribution in [3.05, 3.63) is 89.8 Å². The second-order valence-electron chi connectivity index (χ2n) is 8.05. The van der Waals surface area contributed by atoms with Crippen molar-refractivity contribution < 1.29 is 22.7 Å². The normalized spacial score (nSPS) is 11.6. The summed E-state index contributed by atoms with van der Waals surface area (Å²) in [6.07, 6.45) is 8.95. The predicted octanol–water partition coefficient (Wildman–Crippen LogP) is 4.89. The first kappa shape index (κ1) is 26.3. The molecule has 0 unspecified atom stereocenters. The molecule has 0 saturated heterocycles. The number of allylic oxidation sites excluding steroid dienone is 1. The molecule has 37 heavy (non-hydrogen) atoms. The molecule has 192 valence electrons. The first-order valence-corrected chi connectivity index (χ1v) is 13.9. The van der Waals surface area contributed by atoms with E-state index in [1.54, 1.807) is 50.2 Å². The Morgan fingerprint density at radius 2 is 1.89 bits per heavy atom. The number of hydrogen-bond donors (Lipinski definition) is 1. The van der Waals surface area contributed by atoms with Gasteiger partial charge in [-0.15, -0.1) is 11.3 Å². The molecule has 4 rings (SSSR count). The number of rotatable bonds is 12. The average Bonchev–Trinajstić information content (AvgIpc) is 3.64. The number of sulfonamides is 1. The quantitative estimate of drug-likeness (QED) is 0.157. The zero-order chi connectivity index (χ0) is 26.3. The van der Waals surface area contributed by atoms with Gasteiger partial charge in [0.05, 0.1) is 25.4 Å². The number of nitrogens with one attached hydrogen (secondary N) is 1. The molecule has 0 fully saturated rings. The third-order valence-electron chi connectivity index (χ3n) is 5.65. The molecule has 2 aromatic carbocycles. The number of imidazole rings is 1. The Kier molecular flexibility index (Phi) is 8.54. The van der Waals surface area contributed by atoms with Crippen LogP contribution in [0.1, 0.15) is 22.3 Å². The first-order chi connectivity index (χ1) is 17.9. The van der Waals surface area contributed by atoms with E-state index >= 15 is 0 Å². The molecule has 0 aliphatic rings. The highest BCUT2D eigenvalue weighted by atomic mass is 32.2. The van der Waals surface area contributed by atoms with Gasteiger partial charge < -0.3 is 14.0 Å². The molecule has 0 aliphatic heterocycles. The maximum absolute atomic E-state index is 12.8. The van der Waals surface area contributed by atoms with Gasteiger partial charge in [0, 0.05) is 53.1 Å². The molecule has 0 spiro atoms. The van der Waals surface area contributed by atoms with Gasteiger partial charge in [-0.05, 0) is 60.4 Å². The molecule has 10 heteroatoms. The molecule has 8 nitrogen and oxygen atoms in total. The van der Waals surface area contributed by atoms with Crippen molar-refractivity contribution in [1.82, 2.24) is 14.3 Å². The highest BCUT2D eigenvalue weighted by Crippen LogP contribution is 2.38. The number of carbonyl (C=O) groups excluding carboxylic acids is 1. The van der Waals surface area contributed by atoms with Crippen LogP contribution in [-0.2, 0) is 16.6 Å². The van der Waals surface area contributed by atoms with E-state index in [9.17, 15) is 13.2 Å². The SMILES string of the molecule is COc1cc(OC)c(-c2cccs2)cc1C=CC(=O)c1ccc(S(=O)(=O)NCCCn2ccnc2)cc1. The van der Waals surface area contributed by atoms with E-state index in [1.807, 2.05) is 34.3 Å². The molecule has 0 aliphatic carbocycles. The molecule has 2 heterocycles. The van der Waals surface area contributed by atoms with Crippen LogP contribution in [0.25, 0.3) is 16.5 Å². The number of ether oxygens (including phenoxy) is 2. The lowest BCUT2D eigenvalue weighted by atomic mass is 10.0. The Balaban J connectivity index is 1.44. The molecule has 0 amide bonds. The minimum atomic E-state index is -3.67. The molecular weight excluding hydrogens is 510 g/mol.